The van der Waals surface area contributed by atoms with Crippen LogP contribution >= 0.6 is 0 Å². The first-order valence-corrected chi connectivity index (χ1v) is 11.8. The minimum Gasteiger partial charge on any atom is -0.462 e. The highest BCUT2D eigenvalue weighted by Crippen LogP contribution is 2.22. The van der Waals surface area contributed by atoms with Crippen LogP contribution in [0.25, 0.3) is 22.6 Å². The summed E-state index contributed by atoms with van der Waals surface area (Å²) in [4.78, 5) is 65.7. The van der Waals surface area contributed by atoms with Crippen molar-refractivity contribution >= 4 is 34.9 Å². The van der Waals surface area contributed by atoms with E-state index in [0.717, 1.165) is 38.8 Å². The van der Waals surface area contributed by atoms with Crippen LogP contribution in [0.4, 0.5) is 0 Å². The largest absolute Gasteiger partial charge is 0.462 e. The predicted molar refractivity (Wildman–Crippen MR) is 132 cm³/mol. The van der Waals surface area contributed by atoms with Crippen LogP contribution in [0.3, 0.4) is 0 Å². The number of hydrogen-bond acceptors (Lipinski definition) is 13. The second-order valence-corrected chi connectivity index (χ2v) is 8.71. The lowest BCUT2D eigenvalue weighted by atomic mass is 10.1. The van der Waals surface area contributed by atoms with Gasteiger partial charge in [0.1, 0.15) is 6.61 Å². The van der Waals surface area contributed by atoms with Crippen molar-refractivity contribution < 1.29 is 38.1 Å². The number of fused-ring (bicyclic) bond motifs is 1. The number of rotatable bonds is 10. The first kappa shape index (κ1) is 28.9. The van der Waals surface area contributed by atoms with Gasteiger partial charge < -0.3 is 23.5 Å². The lowest BCUT2D eigenvalue weighted by Gasteiger charge is -2.32. The van der Waals surface area contributed by atoms with E-state index in [1.807, 2.05) is 13.8 Å². The van der Waals surface area contributed by atoms with E-state index < -0.39 is 54.4 Å². The zero-order valence-corrected chi connectivity index (χ0v) is 22.2. The lowest BCUT2D eigenvalue weighted by Crippen LogP contribution is -2.50. The maximum absolute atomic E-state index is 13.7. The Balaban J connectivity index is 2.22. The Morgan fingerprint density at radius 1 is 0.897 bits per heavy atom. The SMILES string of the molecule is CC(=O)OC[C@@H](OC(C)=O)[C@@H](OC(C)=O)[C@H](Cn1c(=O)c(-c2nn[nH]n2)nc2cc(C)c(C)cc21)OC(C)=O. The zero-order valence-electron chi connectivity index (χ0n) is 22.2. The van der Waals surface area contributed by atoms with Crippen molar-refractivity contribution in [2.24, 2.45) is 0 Å². The third-order valence-corrected chi connectivity index (χ3v) is 5.60. The van der Waals surface area contributed by atoms with E-state index in [4.69, 9.17) is 18.9 Å². The quantitative estimate of drug-likeness (QED) is 0.275. The summed E-state index contributed by atoms with van der Waals surface area (Å²) in [5.74, 6) is -3.11. The maximum atomic E-state index is 13.7. The van der Waals surface area contributed by atoms with Gasteiger partial charge in [-0.1, -0.05) is 0 Å². The summed E-state index contributed by atoms with van der Waals surface area (Å²) in [6.45, 7) is 7.30. The molecule has 0 aliphatic heterocycles. The molecule has 0 saturated heterocycles. The van der Waals surface area contributed by atoms with Crippen LogP contribution in [-0.4, -0.2) is 79.0 Å². The number of carbonyl (C=O) groups is 4. The Labute approximate surface area is 221 Å². The Morgan fingerprint density at radius 3 is 2.08 bits per heavy atom. The number of hydrogen-bond donors (Lipinski definition) is 1. The van der Waals surface area contributed by atoms with Crippen LogP contribution in [0.15, 0.2) is 16.9 Å². The van der Waals surface area contributed by atoms with Gasteiger partial charge in [0.2, 0.25) is 5.82 Å². The van der Waals surface area contributed by atoms with Gasteiger partial charge in [-0.3, -0.25) is 24.0 Å². The van der Waals surface area contributed by atoms with Gasteiger partial charge in [0, 0.05) is 27.7 Å². The van der Waals surface area contributed by atoms with Crippen molar-refractivity contribution in [3.63, 3.8) is 0 Å². The number of aromatic nitrogens is 6. The predicted octanol–water partition coefficient (Wildman–Crippen LogP) is 0.552. The smallest absolute Gasteiger partial charge is 0.303 e. The molecule has 3 aromatic rings. The third-order valence-electron chi connectivity index (χ3n) is 5.60. The van der Waals surface area contributed by atoms with Crippen molar-refractivity contribution in [3.05, 3.63) is 33.6 Å². The van der Waals surface area contributed by atoms with Crippen molar-refractivity contribution in [2.45, 2.75) is 66.4 Å². The Hall–Kier alpha value is -4.69. The second kappa shape index (κ2) is 12.2. The van der Waals surface area contributed by atoms with Crippen LogP contribution in [0.5, 0.6) is 0 Å². The molecule has 2 aromatic heterocycles. The normalized spacial score (nSPS) is 13.3. The monoisotopic (exact) mass is 544 g/mol. The molecule has 1 aromatic carbocycles. The Morgan fingerprint density at radius 2 is 1.51 bits per heavy atom. The van der Waals surface area contributed by atoms with Crippen LogP contribution in [0, 0.1) is 13.8 Å². The molecule has 2 heterocycles. The molecule has 3 atom stereocenters. The molecule has 15 nitrogen and oxygen atoms in total. The van der Waals surface area contributed by atoms with E-state index in [1.54, 1.807) is 12.1 Å². The number of nitrogens with one attached hydrogen (secondary N) is 1. The van der Waals surface area contributed by atoms with Crippen LogP contribution in [0.1, 0.15) is 38.8 Å². The van der Waals surface area contributed by atoms with Gasteiger partial charge in [0.05, 0.1) is 17.6 Å². The number of benzene rings is 1. The fraction of sp³-hybridized carbons (Fsp3) is 0.458. The van der Waals surface area contributed by atoms with Gasteiger partial charge in [-0.05, 0) is 42.3 Å². The summed E-state index contributed by atoms with van der Waals surface area (Å²) in [6.07, 6.45) is -4.22. The summed E-state index contributed by atoms with van der Waals surface area (Å²) in [6, 6.07) is 3.49. The fourth-order valence-electron chi connectivity index (χ4n) is 3.88. The molecule has 0 radical (unpaired) electrons. The van der Waals surface area contributed by atoms with Crippen LogP contribution in [0.2, 0.25) is 0 Å². The van der Waals surface area contributed by atoms with Crippen LogP contribution < -0.4 is 5.56 Å². The molecule has 1 N–H and O–H groups in total. The molecule has 208 valence electrons. The number of ether oxygens (including phenoxy) is 4. The highest BCUT2D eigenvalue weighted by Gasteiger charge is 2.39. The first-order valence-electron chi connectivity index (χ1n) is 11.8. The minimum atomic E-state index is -1.47. The average Bonchev–Trinajstić information content (AvgIpc) is 3.36. The fourth-order valence-corrected chi connectivity index (χ4v) is 3.88. The molecule has 0 saturated carbocycles. The number of nitrogens with zero attached hydrogens (tertiary/aromatic N) is 5. The van der Waals surface area contributed by atoms with E-state index in [-0.39, 0.29) is 18.1 Å². The standard InChI is InChI=1S/C24H28N6O9/c1-11-7-17-18(8-12(11)2)30(24(35)21(25-17)23-26-28-29-27-23)9-19(37-14(4)32)22(39-16(6)34)20(38-15(5)33)10-36-13(3)31/h7-8,19-20,22H,9-10H2,1-6H3,(H,26,27,28,29)/t19-,20+,22-/m0/s1. The Kier molecular flexibility index (Phi) is 9.06. The van der Waals surface area contributed by atoms with Crippen molar-refractivity contribution in [1.29, 1.82) is 0 Å². The maximum Gasteiger partial charge on any atom is 0.303 e. The van der Waals surface area contributed by atoms with E-state index in [9.17, 15) is 24.0 Å². The van der Waals surface area contributed by atoms with Crippen molar-refractivity contribution in [1.82, 2.24) is 30.2 Å². The van der Waals surface area contributed by atoms with Gasteiger partial charge in [0.25, 0.3) is 5.56 Å². The van der Waals surface area contributed by atoms with E-state index >= 15 is 0 Å². The topological polar surface area (TPSA) is 195 Å². The molecule has 0 fully saturated rings. The highest BCUT2D eigenvalue weighted by molar-refractivity contribution is 5.79. The number of esters is 4. The van der Waals surface area contributed by atoms with E-state index in [1.165, 1.54) is 4.57 Å². The number of tetrazole rings is 1. The summed E-state index contributed by atoms with van der Waals surface area (Å²) >= 11 is 0. The van der Waals surface area contributed by atoms with Gasteiger partial charge in [-0.25, -0.2) is 4.98 Å². The zero-order chi connectivity index (χ0) is 28.9. The molecule has 15 heteroatoms. The summed E-state index contributed by atoms with van der Waals surface area (Å²) in [5, 5.41) is 13.5. The van der Waals surface area contributed by atoms with Crippen molar-refractivity contribution in [2.75, 3.05) is 6.61 Å². The molecular weight excluding hydrogens is 516 g/mol. The molecule has 0 spiro atoms. The van der Waals surface area contributed by atoms with Gasteiger partial charge in [-0.2, -0.15) is 5.21 Å². The highest BCUT2D eigenvalue weighted by atomic mass is 16.6. The lowest BCUT2D eigenvalue weighted by molar-refractivity contribution is -0.190. The molecule has 0 aliphatic rings. The van der Waals surface area contributed by atoms with Gasteiger partial charge >= 0.3 is 23.9 Å². The first-order chi connectivity index (χ1) is 18.4. The summed E-state index contributed by atoms with van der Waals surface area (Å²) in [5.41, 5.74) is 1.72. The molecule has 0 amide bonds. The minimum absolute atomic E-state index is 0.0675. The number of aryl methyl sites for hydroxylation is 2. The summed E-state index contributed by atoms with van der Waals surface area (Å²) in [7, 11) is 0. The average molecular weight is 545 g/mol. The van der Waals surface area contributed by atoms with Gasteiger partial charge in [-0.15, -0.1) is 10.2 Å². The Bertz CT molecular complexity index is 1450. The number of carbonyl (C=O) groups excluding carboxylic acids is 4. The van der Waals surface area contributed by atoms with Gasteiger partial charge in [0.15, 0.2) is 24.0 Å². The molecule has 0 aliphatic carbocycles. The molecule has 39 heavy (non-hydrogen) atoms. The third kappa shape index (κ3) is 7.21. The van der Waals surface area contributed by atoms with E-state index in [2.05, 4.69) is 25.6 Å². The molecular formula is C24H28N6O9. The van der Waals surface area contributed by atoms with Crippen molar-refractivity contribution in [3.8, 4) is 11.5 Å². The van der Waals surface area contributed by atoms with E-state index in [0.29, 0.717) is 11.0 Å². The molecule has 3 rings (SSSR count). The second-order valence-electron chi connectivity index (χ2n) is 8.71. The summed E-state index contributed by atoms with van der Waals surface area (Å²) < 4.78 is 22.5. The molecule has 0 unspecified atom stereocenters. The number of H-pyrrole nitrogens is 1. The van der Waals surface area contributed by atoms with Crippen LogP contribution in [-0.2, 0) is 44.7 Å². The number of aromatic amines is 1. The molecule has 0 bridgehead atoms.